The van der Waals surface area contributed by atoms with Crippen molar-refractivity contribution in [2.24, 2.45) is 0 Å². The van der Waals surface area contributed by atoms with Crippen molar-refractivity contribution in [2.45, 2.75) is 0 Å². The highest BCUT2D eigenvalue weighted by Gasteiger charge is 2.37. The van der Waals surface area contributed by atoms with E-state index in [1.54, 1.807) is 0 Å². The number of rotatable bonds is 9. The Morgan fingerprint density at radius 3 is 0.500 bits per heavy atom. The minimum atomic E-state index is 1.19. The fraction of sp³-hybridized carbons (Fsp3) is 0. The second-order valence-corrected chi connectivity index (χ2v) is 21.2. The number of hydrogen-bond acceptors (Lipinski definition) is 0. The Balaban J connectivity index is 1.01. The predicted molar refractivity (Wildman–Crippen MR) is 339 cm³/mol. The van der Waals surface area contributed by atoms with Gasteiger partial charge in [-0.2, -0.15) is 0 Å². The molecule has 0 saturated heterocycles. The van der Waals surface area contributed by atoms with Crippen molar-refractivity contribution in [2.75, 3.05) is 0 Å². The average molecular weight is 1010 g/mol. The van der Waals surface area contributed by atoms with Gasteiger partial charge in [0.2, 0.25) is 0 Å². The van der Waals surface area contributed by atoms with Crippen LogP contribution in [-0.2, 0) is 0 Å². The third kappa shape index (κ3) is 6.96. The molecule has 2 aliphatic rings. The molecule has 0 amide bonds. The zero-order valence-electron chi connectivity index (χ0n) is 43.9. The van der Waals surface area contributed by atoms with Crippen LogP contribution in [0, 0.1) is 0 Å². The first-order chi connectivity index (χ1) is 39.8. The lowest BCUT2D eigenvalue weighted by atomic mass is 9.76. The lowest BCUT2D eigenvalue weighted by molar-refractivity contribution is 1.54. The molecule has 0 aromatic heterocycles. The molecule has 0 bridgehead atoms. The molecule has 0 aliphatic heterocycles. The second kappa shape index (κ2) is 18.7. The van der Waals surface area contributed by atoms with E-state index in [9.17, 15) is 0 Å². The van der Waals surface area contributed by atoms with Crippen molar-refractivity contribution in [3.63, 3.8) is 0 Å². The summed E-state index contributed by atoms with van der Waals surface area (Å²) >= 11 is 0. The highest BCUT2D eigenvalue weighted by atomic mass is 14.4. The van der Waals surface area contributed by atoms with Gasteiger partial charge in [0.15, 0.2) is 0 Å². The molecule has 0 atom stereocenters. The molecule has 0 fully saturated rings. The fourth-order valence-corrected chi connectivity index (χ4v) is 13.8. The maximum atomic E-state index is 2.45. The number of hydrogen-bond donors (Lipinski definition) is 0. The van der Waals surface area contributed by atoms with Crippen LogP contribution in [0.2, 0.25) is 0 Å². The lowest BCUT2D eigenvalue weighted by Gasteiger charge is -2.26. The van der Waals surface area contributed by atoms with Gasteiger partial charge in [-0.15, -0.1) is 0 Å². The molecule has 0 radical (unpaired) electrons. The van der Waals surface area contributed by atoms with E-state index in [0.29, 0.717) is 0 Å². The van der Waals surface area contributed by atoms with Gasteiger partial charge in [0.1, 0.15) is 0 Å². The zero-order valence-corrected chi connectivity index (χ0v) is 43.9. The summed E-state index contributed by atoms with van der Waals surface area (Å²) in [5.74, 6) is 0. The zero-order chi connectivity index (χ0) is 52.7. The molecule has 0 nitrogen and oxygen atoms in total. The van der Waals surface area contributed by atoms with Crippen LogP contribution >= 0.6 is 0 Å². The first-order valence-electron chi connectivity index (χ1n) is 27.8. The van der Waals surface area contributed by atoms with E-state index in [-0.39, 0.29) is 0 Å². The third-order valence-electron chi connectivity index (χ3n) is 16.9. The summed E-state index contributed by atoms with van der Waals surface area (Å²) in [5.41, 5.74) is 32.2. The molecular formula is C80H50. The van der Waals surface area contributed by atoms with Crippen molar-refractivity contribution >= 4 is 21.5 Å². The van der Waals surface area contributed by atoms with E-state index < -0.39 is 0 Å². The molecule has 14 aromatic carbocycles. The van der Waals surface area contributed by atoms with E-state index >= 15 is 0 Å². The van der Waals surface area contributed by atoms with Crippen LogP contribution in [0.1, 0.15) is 0 Å². The number of benzene rings is 14. The van der Waals surface area contributed by atoms with Gasteiger partial charge < -0.3 is 0 Å². The van der Waals surface area contributed by atoms with Gasteiger partial charge in [-0.25, -0.2) is 0 Å². The molecule has 370 valence electrons. The first kappa shape index (κ1) is 45.8. The molecule has 0 unspecified atom stereocenters. The molecule has 16 rings (SSSR count). The normalized spacial score (nSPS) is 11.8. The highest BCUT2D eigenvalue weighted by Crippen LogP contribution is 2.64. The maximum absolute atomic E-state index is 2.45. The van der Waals surface area contributed by atoms with Crippen LogP contribution in [-0.4, -0.2) is 0 Å². The van der Waals surface area contributed by atoms with Gasteiger partial charge in [0.05, 0.1) is 0 Å². The molecule has 0 spiro atoms. The van der Waals surface area contributed by atoms with Crippen molar-refractivity contribution in [1.29, 1.82) is 0 Å². The molecule has 0 heterocycles. The minimum absolute atomic E-state index is 1.19. The summed E-state index contributed by atoms with van der Waals surface area (Å²) in [6, 6.07) is 113. The van der Waals surface area contributed by atoms with E-state index in [1.165, 1.54) is 166 Å². The van der Waals surface area contributed by atoms with Gasteiger partial charge in [-0.3, -0.25) is 0 Å². The van der Waals surface area contributed by atoms with Gasteiger partial charge in [0.25, 0.3) is 0 Å². The Morgan fingerprint density at radius 2 is 0.287 bits per heavy atom. The van der Waals surface area contributed by atoms with E-state index in [2.05, 4.69) is 303 Å². The Labute approximate surface area is 466 Å². The lowest BCUT2D eigenvalue weighted by Crippen LogP contribution is -1.99. The standard InChI is InChI=1S/C80H50/c1-9-27-51(28-10-1)67-69(53-31-13-3-14-32-53)73(57-39-21-7-22-40-57)79-65-49-47-59(61-43-25-45-63(75(61)65)77(79)71(67)55-35-17-5-18-36-55)60-48-50-66-76-62(60)44-26-46-64(76)78-72(56-37-19-6-20-38-56)68(52-29-11-2-12-30-52)70(54-33-15-4-16-34-54)74(80(66)78)58-41-23-8-24-42-58/h1-50H. The predicted octanol–water partition coefficient (Wildman–Crippen LogP) is 22.3. The molecule has 2 aliphatic carbocycles. The highest BCUT2D eigenvalue weighted by molar-refractivity contribution is 6.31. The summed E-state index contributed by atoms with van der Waals surface area (Å²) in [6.45, 7) is 0. The second-order valence-electron chi connectivity index (χ2n) is 21.2. The van der Waals surface area contributed by atoms with Crippen molar-refractivity contribution in [3.05, 3.63) is 303 Å². The molecule has 0 heteroatoms. The quantitative estimate of drug-likeness (QED) is 0.135. The van der Waals surface area contributed by atoms with Crippen LogP contribution in [0.15, 0.2) is 303 Å². The molecule has 14 aromatic rings. The van der Waals surface area contributed by atoms with Crippen LogP contribution in [0.5, 0.6) is 0 Å². The SMILES string of the molecule is c1ccc(-c2c(-c3ccccc3)c(-c3ccccc3)c3c(c2-c2ccccc2)-c2cccc4c(-c5ccc6c7c(cccc57)-c5c(-c7ccccc7)c(-c7ccccc7)c(-c7ccccc7)c(-c7ccccc7)c5-6)ccc-3c24)cc1. The van der Waals surface area contributed by atoms with E-state index in [0.717, 1.165) is 0 Å². The fourth-order valence-electron chi connectivity index (χ4n) is 13.8. The molecule has 0 saturated carbocycles. The minimum Gasteiger partial charge on any atom is -0.0622 e. The molecule has 80 heavy (non-hydrogen) atoms. The van der Waals surface area contributed by atoms with Crippen molar-refractivity contribution in [1.82, 2.24) is 0 Å². The van der Waals surface area contributed by atoms with E-state index in [1.807, 2.05) is 0 Å². The molecular weight excluding hydrogens is 961 g/mol. The van der Waals surface area contributed by atoms with Gasteiger partial charge in [0, 0.05) is 0 Å². The summed E-state index contributed by atoms with van der Waals surface area (Å²) in [5, 5.41) is 5.09. The topological polar surface area (TPSA) is 0 Å². The molecule has 0 N–H and O–H groups in total. The monoisotopic (exact) mass is 1010 g/mol. The van der Waals surface area contributed by atoms with Crippen molar-refractivity contribution < 1.29 is 0 Å². The average Bonchev–Trinajstić information content (AvgIpc) is 4.17. The van der Waals surface area contributed by atoms with Crippen LogP contribution in [0.25, 0.3) is 166 Å². The Kier molecular flexibility index (Phi) is 10.7. The van der Waals surface area contributed by atoms with Gasteiger partial charge >= 0.3 is 0 Å². The van der Waals surface area contributed by atoms with Crippen molar-refractivity contribution in [3.8, 4) is 145 Å². The summed E-state index contributed by atoms with van der Waals surface area (Å²) in [4.78, 5) is 0. The summed E-state index contributed by atoms with van der Waals surface area (Å²) in [6.07, 6.45) is 0. The van der Waals surface area contributed by atoms with Crippen LogP contribution < -0.4 is 0 Å². The van der Waals surface area contributed by atoms with Gasteiger partial charge in [-0.1, -0.05) is 303 Å². The summed E-state index contributed by atoms with van der Waals surface area (Å²) < 4.78 is 0. The maximum Gasteiger partial charge on any atom is -0.000718 e. The smallest absolute Gasteiger partial charge is 0.000718 e. The Hall–Kier alpha value is -10.4. The third-order valence-corrected chi connectivity index (χ3v) is 16.9. The van der Waals surface area contributed by atoms with Crippen LogP contribution in [0.4, 0.5) is 0 Å². The van der Waals surface area contributed by atoms with E-state index in [4.69, 9.17) is 0 Å². The van der Waals surface area contributed by atoms with Gasteiger partial charge in [-0.05, 0) is 166 Å². The Bertz CT molecular complexity index is 4180. The first-order valence-corrected chi connectivity index (χ1v) is 27.8. The Morgan fingerprint density at radius 1 is 0.113 bits per heavy atom. The largest absolute Gasteiger partial charge is 0.0622 e. The number of fused-ring (bicyclic) bond motifs is 6. The summed E-state index contributed by atoms with van der Waals surface area (Å²) in [7, 11) is 0. The van der Waals surface area contributed by atoms with Crippen LogP contribution in [0.3, 0.4) is 0 Å².